The van der Waals surface area contributed by atoms with E-state index in [9.17, 15) is 4.79 Å². The Kier molecular flexibility index (Phi) is 4.17. The maximum atomic E-state index is 12.5. The second-order valence-corrected chi connectivity index (χ2v) is 6.32. The number of rotatable bonds is 3. The molecule has 2 heterocycles. The van der Waals surface area contributed by atoms with Crippen molar-refractivity contribution in [3.05, 3.63) is 10.6 Å². The molecule has 1 aliphatic heterocycles. The van der Waals surface area contributed by atoms with Gasteiger partial charge in [0.1, 0.15) is 5.41 Å². The van der Waals surface area contributed by atoms with Gasteiger partial charge >= 0.3 is 0 Å². The number of hydrogen-bond donors (Lipinski definition) is 2. The molecule has 0 radical (unpaired) electrons. The zero-order valence-corrected chi connectivity index (χ0v) is 12.6. The van der Waals surface area contributed by atoms with Crippen molar-refractivity contribution in [2.75, 3.05) is 18.5 Å². The Morgan fingerprint density at radius 3 is 2.58 bits per heavy atom. The quantitative estimate of drug-likeness (QED) is 0.832. The number of ether oxygens (including phenoxy) is 1. The third kappa shape index (κ3) is 2.77. The highest BCUT2D eigenvalue weighted by atomic mass is 32.1. The monoisotopic (exact) mass is 299 g/mol. The van der Waals surface area contributed by atoms with Crippen molar-refractivity contribution in [2.45, 2.75) is 26.7 Å². The van der Waals surface area contributed by atoms with Gasteiger partial charge in [0.15, 0.2) is 5.13 Å². The molecule has 1 fully saturated rings. The first-order chi connectivity index (χ1) is 8.95. The lowest BCUT2D eigenvalue weighted by atomic mass is 9.79. The SMILES string of the molecule is Cc1nc(NC(=O)C2(C(N)=S)CCOCC2)sc1C. The third-order valence-corrected chi connectivity index (χ3v) is 4.88. The molecule has 2 rings (SSSR count). The lowest BCUT2D eigenvalue weighted by Gasteiger charge is -2.34. The van der Waals surface area contributed by atoms with E-state index in [1.807, 2.05) is 13.8 Å². The van der Waals surface area contributed by atoms with Crippen molar-refractivity contribution in [3.63, 3.8) is 0 Å². The van der Waals surface area contributed by atoms with Gasteiger partial charge in [-0.1, -0.05) is 12.2 Å². The number of carbonyl (C=O) groups excluding carboxylic acids is 1. The van der Waals surface area contributed by atoms with E-state index in [-0.39, 0.29) is 10.9 Å². The normalized spacial score (nSPS) is 18.0. The first-order valence-corrected chi connectivity index (χ1v) is 7.31. The molecule has 1 aromatic rings. The Balaban J connectivity index is 2.18. The maximum Gasteiger partial charge on any atom is 0.239 e. The van der Waals surface area contributed by atoms with E-state index < -0.39 is 5.41 Å². The van der Waals surface area contributed by atoms with E-state index in [1.54, 1.807) is 0 Å². The van der Waals surface area contributed by atoms with Gasteiger partial charge in [-0.3, -0.25) is 4.79 Å². The van der Waals surface area contributed by atoms with E-state index in [2.05, 4.69) is 10.3 Å². The molecule has 0 saturated carbocycles. The molecule has 7 heteroatoms. The van der Waals surface area contributed by atoms with Crippen LogP contribution in [0.2, 0.25) is 0 Å². The molecule has 0 aromatic carbocycles. The zero-order chi connectivity index (χ0) is 14.0. The highest BCUT2D eigenvalue weighted by Crippen LogP contribution is 2.33. The van der Waals surface area contributed by atoms with Crippen LogP contribution in [-0.4, -0.2) is 29.1 Å². The first kappa shape index (κ1) is 14.4. The topological polar surface area (TPSA) is 77.2 Å². The molecule has 5 nitrogen and oxygen atoms in total. The lowest BCUT2D eigenvalue weighted by Crippen LogP contribution is -2.49. The average molecular weight is 299 g/mol. The molecule has 3 N–H and O–H groups in total. The lowest BCUT2D eigenvalue weighted by molar-refractivity contribution is -0.126. The molecule has 0 spiro atoms. The standard InChI is InChI=1S/C12H17N3O2S2/c1-7-8(2)19-11(14-7)15-10(16)12(9(13)18)3-5-17-6-4-12/h3-6H2,1-2H3,(H2,13,18)(H,14,15,16). The maximum absolute atomic E-state index is 12.5. The summed E-state index contributed by atoms with van der Waals surface area (Å²) in [5.74, 6) is -0.169. The highest BCUT2D eigenvalue weighted by molar-refractivity contribution is 7.80. The molecule has 0 bridgehead atoms. The fourth-order valence-corrected chi connectivity index (χ4v) is 3.15. The summed E-state index contributed by atoms with van der Waals surface area (Å²) in [6.45, 7) is 4.89. The van der Waals surface area contributed by atoms with E-state index >= 15 is 0 Å². The number of thiazole rings is 1. The van der Waals surface area contributed by atoms with Gasteiger partial charge in [0, 0.05) is 18.1 Å². The summed E-state index contributed by atoms with van der Waals surface area (Å²) in [5.41, 5.74) is 5.91. The van der Waals surface area contributed by atoms with Crippen molar-refractivity contribution in [1.82, 2.24) is 4.98 Å². The molecule has 1 aromatic heterocycles. The Bertz CT molecular complexity index is 488. The van der Waals surface area contributed by atoms with Gasteiger partial charge in [0.05, 0.1) is 10.7 Å². The Labute approximate surface area is 121 Å². The Hall–Kier alpha value is -1.05. The van der Waals surface area contributed by atoms with Crippen molar-refractivity contribution in [3.8, 4) is 0 Å². The first-order valence-electron chi connectivity index (χ1n) is 6.09. The smallest absolute Gasteiger partial charge is 0.239 e. The van der Waals surface area contributed by atoms with Gasteiger partial charge in [0.2, 0.25) is 5.91 Å². The predicted octanol–water partition coefficient (Wildman–Crippen LogP) is 1.78. The molecule has 1 saturated heterocycles. The largest absolute Gasteiger partial charge is 0.392 e. The van der Waals surface area contributed by atoms with Gasteiger partial charge < -0.3 is 15.8 Å². The van der Waals surface area contributed by atoms with Crippen LogP contribution in [-0.2, 0) is 9.53 Å². The Morgan fingerprint density at radius 2 is 2.11 bits per heavy atom. The summed E-state index contributed by atoms with van der Waals surface area (Å²) in [5, 5.41) is 3.44. The number of nitrogens with two attached hydrogens (primary N) is 1. The molecule has 104 valence electrons. The highest BCUT2D eigenvalue weighted by Gasteiger charge is 2.43. The number of carbonyl (C=O) groups is 1. The van der Waals surface area contributed by atoms with Gasteiger partial charge in [-0.25, -0.2) is 4.98 Å². The molecular weight excluding hydrogens is 282 g/mol. The van der Waals surface area contributed by atoms with E-state index in [0.29, 0.717) is 31.2 Å². The summed E-state index contributed by atoms with van der Waals surface area (Å²) in [4.78, 5) is 18.1. The van der Waals surface area contributed by atoms with E-state index in [0.717, 1.165) is 10.6 Å². The third-order valence-electron chi connectivity index (χ3n) is 3.50. The van der Waals surface area contributed by atoms with Gasteiger partial charge in [-0.15, -0.1) is 11.3 Å². The van der Waals surface area contributed by atoms with Crippen molar-refractivity contribution in [2.24, 2.45) is 11.1 Å². The molecule has 1 amide bonds. The number of aromatic nitrogens is 1. The van der Waals surface area contributed by atoms with Gasteiger partial charge in [-0.2, -0.15) is 0 Å². The number of aryl methyl sites for hydroxylation is 2. The van der Waals surface area contributed by atoms with Crippen LogP contribution in [0.25, 0.3) is 0 Å². The number of amides is 1. The second kappa shape index (κ2) is 5.52. The molecule has 0 atom stereocenters. The molecular formula is C12H17N3O2S2. The van der Waals surface area contributed by atoms with Crippen molar-refractivity contribution >= 4 is 39.6 Å². The number of thiocarbonyl (C=S) groups is 1. The minimum absolute atomic E-state index is 0.169. The van der Waals surface area contributed by atoms with E-state index in [1.165, 1.54) is 11.3 Å². The molecule has 0 aliphatic carbocycles. The van der Waals surface area contributed by atoms with Crippen LogP contribution in [0.4, 0.5) is 5.13 Å². The summed E-state index contributed by atoms with van der Waals surface area (Å²) >= 11 is 6.55. The van der Waals surface area contributed by atoms with Crippen LogP contribution in [0.15, 0.2) is 0 Å². The number of nitrogens with one attached hydrogen (secondary N) is 1. The van der Waals surface area contributed by atoms with Crippen LogP contribution >= 0.6 is 23.6 Å². The number of anilines is 1. The van der Waals surface area contributed by atoms with Gasteiger partial charge in [-0.05, 0) is 26.7 Å². The summed E-state index contributed by atoms with van der Waals surface area (Å²) in [7, 11) is 0. The minimum atomic E-state index is -0.805. The number of hydrogen-bond acceptors (Lipinski definition) is 5. The molecule has 0 unspecified atom stereocenters. The summed E-state index contributed by atoms with van der Waals surface area (Å²) in [6, 6.07) is 0. The Morgan fingerprint density at radius 1 is 1.47 bits per heavy atom. The van der Waals surface area contributed by atoms with Crippen LogP contribution < -0.4 is 11.1 Å². The van der Waals surface area contributed by atoms with Crippen molar-refractivity contribution < 1.29 is 9.53 Å². The van der Waals surface area contributed by atoms with Crippen molar-refractivity contribution in [1.29, 1.82) is 0 Å². The average Bonchev–Trinajstić information content (AvgIpc) is 2.68. The summed E-state index contributed by atoms with van der Waals surface area (Å²) < 4.78 is 5.29. The molecule has 1 aliphatic rings. The minimum Gasteiger partial charge on any atom is -0.392 e. The zero-order valence-electron chi connectivity index (χ0n) is 11.0. The van der Waals surface area contributed by atoms with Crippen LogP contribution in [0.5, 0.6) is 0 Å². The van der Waals surface area contributed by atoms with E-state index in [4.69, 9.17) is 22.7 Å². The second-order valence-electron chi connectivity index (χ2n) is 4.67. The number of nitrogens with zero attached hydrogens (tertiary/aromatic N) is 1. The van der Waals surface area contributed by atoms with Gasteiger partial charge in [0.25, 0.3) is 0 Å². The fourth-order valence-electron chi connectivity index (χ4n) is 2.05. The summed E-state index contributed by atoms with van der Waals surface area (Å²) in [6.07, 6.45) is 1.05. The fraction of sp³-hybridized carbons (Fsp3) is 0.583. The molecule has 19 heavy (non-hydrogen) atoms. The predicted molar refractivity (Wildman–Crippen MR) is 79.5 cm³/mol. The van der Waals surface area contributed by atoms with Crippen LogP contribution in [0, 0.1) is 19.3 Å². The van der Waals surface area contributed by atoms with Crippen LogP contribution in [0.3, 0.4) is 0 Å². The van der Waals surface area contributed by atoms with Crippen LogP contribution in [0.1, 0.15) is 23.4 Å².